The van der Waals surface area contributed by atoms with Gasteiger partial charge >= 0.3 is 0 Å². The number of hydrogen-bond donors (Lipinski definition) is 0. The molecule has 12 heavy (non-hydrogen) atoms. The quantitative estimate of drug-likeness (QED) is 0.433. The van der Waals surface area contributed by atoms with E-state index in [2.05, 4.69) is 20.9 Å². The number of hydrogen-bond acceptors (Lipinski definition) is 2. The maximum atomic E-state index is 9.89. The molecule has 0 aliphatic carbocycles. The van der Waals surface area contributed by atoms with E-state index in [-0.39, 0.29) is 0 Å². The molecular weight excluding hydrogens is 265 g/mol. The SMILES string of the molecule is O=C=Nc1cc(Cl)c(Br)c(Cl)c1. The van der Waals surface area contributed by atoms with Crippen molar-refractivity contribution in [3.05, 3.63) is 26.7 Å². The smallest absolute Gasteiger partial charge is 0.211 e. The lowest BCUT2D eigenvalue weighted by molar-refractivity contribution is 0.565. The fraction of sp³-hybridized carbons (Fsp3) is 0. The molecule has 0 spiro atoms. The Morgan fingerprint density at radius 2 is 1.83 bits per heavy atom. The Labute approximate surface area is 87.3 Å². The average Bonchev–Trinajstić information content (AvgIpc) is 2.01. The molecule has 5 heteroatoms. The first-order valence-electron chi connectivity index (χ1n) is 2.87. The third-order valence-corrected chi connectivity index (χ3v) is 3.05. The van der Waals surface area contributed by atoms with E-state index in [0.717, 1.165) is 0 Å². The standard InChI is InChI=1S/C7H2BrCl2NO/c8-7-5(9)1-4(11-3-12)2-6(7)10/h1-2H. The number of halogens is 3. The summed E-state index contributed by atoms with van der Waals surface area (Å²) in [5.41, 5.74) is 0.392. The zero-order valence-electron chi connectivity index (χ0n) is 5.64. The molecule has 0 atom stereocenters. The van der Waals surface area contributed by atoms with Crippen molar-refractivity contribution >= 4 is 50.9 Å². The molecule has 1 rings (SSSR count). The largest absolute Gasteiger partial charge is 0.240 e. The van der Waals surface area contributed by atoms with Crippen LogP contribution in [0.4, 0.5) is 5.69 Å². The predicted octanol–water partition coefficient (Wildman–Crippen LogP) is 3.72. The summed E-state index contributed by atoms with van der Waals surface area (Å²) >= 11 is 14.6. The topological polar surface area (TPSA) is 29.4 Å². The summed E-state index contributed by atoms with van der Waals surface area (Å²) in [7, 11) is 0. The lowest BCUT2D eigenvalue weighted by atomic mass is 10.3. The van der Waals surface area contributed by atoms with E-state index in [1.54, 1.807) is 0 Å². The molecule has 0 fully saturated rings. The average molecular weight is 267 g/mol. The van der Waals surface area contributed by atoms with E-state index in [0.29, 0.717) is 20.2 Å². The molecule has 0 saturated heterocycles. The lowest BCUT2D eigenvalue weighted by Gasteiger charge is -1.98. The Hall–Kier alpha value is -0.340. The summed E-state index contributed by atoms with van der Waals surface area (Å²) in [6, 6.07) is 3.03. The van der Waals surface area contributed by atoms with Crippen molar-refractivity contribution in [2.45, 2.75) is 0 Å². The first-order valence-corrected chi connectivity index (χ1v) is 4.42. The van der Waals surface area contributed by atoms with E-state index in [1.165, 1.54) is 18.2 Å². The Balaban J connectivity index is 3.30. The fourth-order valence-corrected chi connectivity index (χ4v) is 1.36. The molecule has 1 aromatic carbocycles. The van der Waals surface area contributed by atoms with Gasteiger partial charge in [0, 0.05) is 0 Å². The second-order valence-electron chi connectivity index (χ2n) is 1.93. The van der Waals surface area contributed by atoms with E-state index in [4.69, 9.17) is 23.2 Å². The van der Waals surface area contributed by atoms with Crippen LogP contribution in [0.5, 0.6) is 0 Å². The lowest BCUT2D eigenvalue weighted by Crippen LogP contribution is -1.72. The predicted molar refractivity (Wildman–Crippen MR) is 51.9 cm³/mol. The highest BCUT2D eigenvalue weighted by atomic mass is 79.9. The Morgan fingerprint density at radius 1 is 1.33 bits per heavy atom. The van der Waals surface area contributed by atoms with Crippen LogP contribution in [-0.4, -0.2) is 6.08 Å². The minimum Gasteiger partial charge on any atom is -0.211 e. The van der Waals surface area contributed by atoms with Crippen LogP contribution in [0.3, 0.4) is 0 Å². The molecule has 0 aromatic heterocycles. The number of isocyanates is 1. The molecule has 0 radical (unpaired) electrons. The highest BCUT2D eigenvalue weighted by molar-refractivity contribution is 9.10. The van der Waals surface area contributed by atoms with Gasteiger partial charge in [0.05, 0.1) is 20.2 Å². The molecule has 0 unspecified atom stereocenters. The van der Waals surface area contributed by atoms with Crippen molar-refractivity contribution < 1.29 is 4.79 Å². The summed E-state index contributed by atoms with van der Waals surface area (Å²) in [4.78, 5) is 13.3. The van der Waals surface area contributed by atoms with Crippen molar-refractivity contribution in [2.75, 3.05) is 0 Å². The molecule has 1 aromatic rings. The van der Waals surface area contributed by atoms with Gasteiger partial charge in [0.2, 0.25) is 6.08 Å². The van der Waals surface area contributed by atoms with Crippen molar-refractivity contribution in [3.8, 4) is 0 Å². The maximum Gasteiger partial charge on any atom is 0.240 e. The molecule has 0 N–H and O–H groups in total. The second kappa shape index (κ2) is 4.06. The van der Waals surface area contributed by atoms with Gasteiger partial charge < -0.3 is 0 Å². The number of aliphatic imine (C=N–C) groups is 1. The maximum absolute atomic E-state index is 9.89. The van der Waals surface area contributed by atoms with Crippen molar-refractivity contribution in [2.24, 2.45) is 4.99 Å². The first-order chi connectivity index (χ1) is 5.65. The summed E-state index contributed by atoms with van der Waals surface area (Å²) in [5.74, 6) is 0. The summed E-state index contributed by atoms with van der Waals surface area (Å²) in [5, 5.41) is 0.827. The molecule has 0 aliphatic rings. The molecule has 0 amide bonds. The van der Waals surface area contributed by atoms with Gasteiger partial charge in [-0.15, -0.1) is 0 Å². The van der Waals surface area contributed by atoms with E-state index in [9.17, 15) is 4.79 Å². The zero-order chi connectivity index (χ0) is 9.14. The third kappa shape index (κ3) is 2.08. The molecule has 2 nitrogen and oxygen atoms in total. The number of nitrogens with zero attached hydrogens (tertiary/aromatic N) is 1. The molecule has 62 valence electrons. The Kier molecular flexibility index (Phi) is 3.29. The highest BCUT2D eigenvalue weighted by Crippen LogP contribution is 2.34. The van der Waals surface area contributed by atoms with Gasteiger partial charge in [0.1, 0.15) is 0 Å². The molecular formula is C7H2BrCl2NO. The molecule has 0 aliphatic heterocycles. The van der Waals surface area contributed by atoms with Crippen LogP contribution in [-0.2, 0) is 4.79 Å². The van der Waals surface area contributed by atoms with E-state index >= 15 is 0 Å². The zero-order valence-corrected chi connectivity index (χ0v) is 8.74. The van der Waals surface area contributed by atoms with Gasteiger partial charge in [0.25, 0.3) is 0 Å². The van der Waals surface area contributed by atoms with Gasteiger partial charge in [-0.2, -0.15) is 4.99 Å². The van der Waals surface area contributed by atoms with Gasteiger partial charge in [-0.05, 0) is 28.1 Å². The van der Waals surface area contributed by atoms with Crippen LogP contribution in [0.25, 0.3) is 0 Å². The van der Waals surface area contributed by atoms with E-state index < -0.39 is 0 Å². The molecule has 0 bridgehead atoms. The van der Waals surface area contributed by atoms with Gasteiger partial charge in [-0.25, -0.2) is 4.79 Å². The summed E-state index contributed by atoms with van der Waals surface area (Å²) < 4.78 is 0.593. The Bertz CT molecular complexity index is 337. The van der Waals surface area contributed by atoms with E-state index in [1.807, 2.05) is 0 Å². The molecule has 0 saturated carbocycles. The summed E-state index contributed by atoms with van der Waals surface area (Å²) in [6.07, 6.45) is 1.40. The van der Waals surface area contributed by atoms with Crippen molar-refractivity contribution in [3.63, 3.8) is 0 Å². The van der Waals surface area contributed by atoms with Crippen LogP contribution in [0.2, 0.25) is 10.0 Å². The van der Waals surface area contributed by atoms with Crippen molar-refractivity contribution in [1.29, 1.82) is 0 Å². The first kappa shape index (κ1) is 9.75. The van der Waals surface area contributed by atoms with Crippen LogP contribution in [0, 0.1) is 0 Å². The third-order valence-electron chi connectivity index (χ3n) is 1.14. The fourth-order valence-electron chi connectivity index (χ4n) is 0.659. The second-order valence-corrected chi connectivity index (χ2v) is 3.53. The van der Waals surface area contributed by atoms with Gasteiger partial charge in [-0.3, -0.25) is 0 Å². The number of benzene rings is 1. The van der Waals surface area contributed by atoms with Crippen LogP contribution in [0.1, 0.15) is 0 Å². The molecule has 0 heterocycles. The highest BCUT2D eigenvalue weighted by Gasteiger charge is 2.04. The number of rotatable bonds is 1. The Morgan fingerprint density at radius 3 is 2.25 bits per heavy atom. The van der Waals surface area contributed by atoms with Gasteiger partial charge in [0.15, 0.2) is 0 Å². The van der Waals surface area contributed by atoms with Crippen LogP contribution < -0.4 is 0 Å². The van der Waals surface area contributed by atoms with Crippen LogP contribution >= 0.6 is 39.1 Å². The van der Waals surface area contributed by atoms with Crippen molar-refractivity contribution in [1.82, 2.24) is 0 Å². The van der Waals surface area contributed by atoms with Gasteiger partial charge in [-0.1, -0.05) is 23.2 Å². The monoisotopic (exact) mass is 265 g/mol. The minimum atomic E-state index is 0.392. The van der Waals surface area contributed by atoms with Crippen LogP contribution in [0.15, 0.2) is 21.6 Å². The number of carbonyl (C=O) groups excluding carboxylic acids is 1. The minimum absolute atomic E-state index is 0.392. The normalized spacial score (nSPS) is 9.25. The summed E-state index contributed by atoms with van der Waals surface area (Å²) in [6.45, 7) is 0.